The first-order chi connectivity index (χ1) is 9.97. The number of nitrogens with one attached hydrogen (secondary N) is 1. The molecule has 1 rings (SSSR count). The van der Waals surface area contributed by atoms with Crippen LogP contribution in [0.15, 0.2) is 30.4 Å². The van der Waals surface area contributed by atoms with Crippen molar-refractivity contribution in [2.45, 2.75) is 6.92 Å². The van der Waals surface area contributed by atoms with Crippen molar-refractivity contribution in [3.8, 4) is 6.07 Å². The summed E-state index contributed by atoms with van der Waals surface area (Å²) in [4.78, 5) is 32.5. The topological polar surface area (TPSA) is 122 Å². The highest BCUT2D eigenvalue weighted by Gasteiger charge is 2.13. The number of hydrogen-bond donors (Lipinski definition) is 1. The van der Waals surface area contributed by atoms with Gasteiger partial charge in [0.2, 0.25) is 0 Å². The lowest BCUT2D eigenvalue weighted by atomic mass is 10.1. The number of ether oxygens (including phenoxy) is 1. The fourth-order valence-electron chi connectivity index (χ4n) is 1.35. The molecule has 0 aliphatic heterocycles. The first kappa shape index (κ1) is 15.8. The number of hydrogen-bond acceptors (Lipinski definition) is 6. The van der Waals surface area contributed by atoms with Gasteiger partial charge in [-0.15, -0.1) is 0 Å². The lowest BCUT2D eigenvalue weighted by molar-refractivity contribution is -0.384. The van der Waals surface area contributed by atoms with Gasteiger partial charge >= 0.3 is 5.97 Å². The van der Waals surface area contributed by atoms with Crippen LogP contribution in [0.25, 0.3) is 0 Å². The minimum atomic E-state index is -0.670. The molecule has 0 atom stereocenters. The van der Waals surface area contributed by atoms with Gasteiger partial charge in [0, 0.05) is 18.2 Å². The van der Waals surface area contributed by atoms with Gasteiger partial charge in [0.25, 0.3) is 11.6 Å². The van der Waals surface area contributed by atoms with E-state index in [0.717, 1.165) is 18.2 Å². The molecule has 0 fully saturated rings. The number of amides is 1. The first-order valence-electron chi connectivity index (χ1n) is 5.75. The molecular weight excluding hydrogens is 278 g/mol. The van der Waals surface area contributed by atoms with E-state index in [-0.39, 0.29) is 16.9 Å². The van der Waals surface area contributed by atoms with Gasteiger partial charge in [-0.2, -0.15) is 5.26 Å². The average Bonchev–Trinajstić information content (AvgIpc) is 2.45. The summed E-state index contributed by atoms with van der Waals surface area (Å²) in [6.45, 7) is 1.10. The van der Waals surface area contributed by atoms with Gasteiger partial charge in [0.1, 0.15) is 6.07 Å². The number of rotatable bonds is 5. The van der Waals surface area contributed by atoms with Crippen LogP contribution < -0.4 is 5.32 Å². The minimum Gasteiger partial charge on any atom is -0.452 e. The average molecular weight is 289 g/mol. The van der Waals surface area contributed by atoms with Gasteiger partial charge in [-0.25, -0.2) is 4.79 Å². The number of nitrogens with zero attached hydrogens (tertiary/aromatic N) is 2. The molecule has 108 valence electrons. The highest BCUT2D eigenvalue weighted by Crippen LogP contribution is 2.21. The lowest BCUT2D eigenvalue weighted by Gasteiger charge is -2.06. The van der Waals surface area contributed by atoms with E-state index in [4.69, 9.17) is 5.26 Å². The van der Waals surface area contributed by atoms with E-state index in [2.05, 4.69) is 10.1 Å². The fourth-order valence-corrected chi connectivity index (χ4v) is 1.35. The van der Waals surface area contributed by atoms with E-state index < -0.39 is 23.4 Å². The maximum absolute atomic E-state index is 11.6. The molecule has 0 unspecified atom stereocenters. The number of nitro benzene ring substituents is 1. The van der Waals surface area contributed by atoms with Gasteiger partial charge in [0.15, 0.2) is 6.61 Å². The van der Waals surface area contributed by atoms with Crippen LogP contribution in [-0.4, -0.2) is 23.4 Å². The zero-order chi connectivity index (χ0) is 15.8. The van der Waals surface area contributed by atoms with Crippen molar-refractivity contribution in [2.75, 3.05) is 11.9 Å². The van der Waals surface area contributed by atoms with Crippen LogP contribution >= 0.6 is 0 Å². The Labute approximate surface area is 119 Å². The molecule has 0 aliphatic carbocycles. The number of esters is 1. The summed E-state index contributed by atoms with van der Waals surface area (Å²) in [5.41, 5.74) is -0.212. The maximum atomic E-state index is 11.6. The lowest BCUT2D eigenvalue weighted by Crippen LogP contribution is -2.20. The summed E-state index contributed by atoms with van der Waals surface area (Å²) < 4.78 is 4.62. The third-order valence-electron chi connectivity index (χ3n) is 2.26. The molecule has 0 saturated heterocycles. The summed E-state index contributed by atoms with van der Waals surface area (Å²) in [6, 6.07) is 5.18. The van der Waals surface area contributed by atoms with Crippen molar-refractivity contribution in [3.05, 3.63) is 46.0 Å². The molecule has 1 aromatic rings. The number of anilines is 1. The Kier molecular flexibility index (Phi) is 5.58. The highest BCUT2D eigenvalue weighted by molar-refractivity contribution is 5.95. The minimum absolute atomic E-state index is 0.0580. The second-order valence-corrected chi connectivity index (χ2v) is 3.75. The van der Waals surface area contributed by atoms with Crippen LogP contribution in [-0.2, 0) is 14.3 Å². The number of benzene rings is 1. The third kappa shape index (κ3) is 4.76. The predicted octanol–water partition coefficient (Wildman–Crippen LogP) is 1.52. The van der Waals surface area contributed by atoms with Crippen molar-refractivity contribution >= 4 is 23.3 Å². The van der Waals surface area contributed by atoms with E-state index >= 15 is 0 Å². The zero-order valence-electron chi connectivity index (χ0n) is 11.0. The summed E-state index contributed by atoms with van der Waals surface area (Å²) in [6.07, 6.45) is 2.62. The largest absolute Gasteiger partial charge is 0.452 e. The number of allylic oxidation sites excluding steroid dienone is 1. The molecule has 0 saturated carbocycles. The standard InChI is InChI=1S/C13H11N3O5/c1-2-3-13(18)21-8-12(17)15-11-5-4-10(16(19)20)6-9(11)7-14/h2-6H,8H2,1H3,(H,15,17). The molecule has 0 radical (unpaired) electrons. The van der Waals surface area contributed by atoms with Gasteiger partial charge in [-0.05, 0) is 13.0 Å². The Morgan fingerprint density at radius 3 is 2.81 bits per heavy atom. The van der Waals surface area contributed by atoms with Crippen molar-refractivity contribution in [1.29, 1.82) is 5.26 Å². The Bertz CT molecular complexity index is 646. The molecule has 0 aromatic heterocycles. The second kappa shape index (κ2) is 7.40. The zero-order valence-corrected chi connectivity index (χ0v) is 11.0. The molecule has 1 amide bonds. The summed E-state index contributed by atoms with van der Waals surface area (Å²) >= 11 is 0. The smallest absolute Gasteiger partial charge is 0.330 e. The monoisotopic (exact) mass is 289 g/mol. The Morgan fingerprint density at radius 1 is 1.52 bits per heavy atom. The normalized spacial score (nSPS) is 9.90. The number of carbonyl (C=O) groups is 2. The van der Waals surface area contributed by atoms with Gasteiger partial charge in [-0.1, -0.05) is 6.08 Å². The van der Waals surface area contributed by atoms with E-state index in [9.17, 15) is 19.7 Å². The molecule has 1 aromatic carbocycles. The molecule has 8 nitrogen and oxygen atoms in total. The summed E-state index contributed by atoms with van der Waals surface area (Å²) in [5, 5.41) is 21.8. The van der Waals surface area contributed by atoms with Crippen molar-refractivity contribution in [1.82, 2.24) is 0 Å². The molecule has 0 bridgehead atoms. The SMILES string of the molecule is CC=CC(=O)OCC(=O)Nc1ccc([N+](=O)[O-])cc1C#N. The number of carbonyl (C=O) groups excluding carboxylic acids is 2. The van der Waals surface area contributed by atoms with E-state index in [1.54, 1.807) is 13.0 Å². The fraction of sp³-hybridized carbons (Fsp3) is 0.154. The van der Waals surface area contributed by atoms with E-state index in [1.165, 1.54) is 12.1 Å². The molecule has 0 aliphatic rings. The molecule has 0 heterocycles. The van der Waals surface area contributed by atoms with Crippen LogP contribution in [0.4, 0.5) is 11.4 Å². The van der Waals surface area contributed by atoms with Crippen molar-refractivity contribution in [3.63, 3.8) is 0 Å². The van der Waals surface area contributed by atoms with Crippen LogP contribution in [0.5, 0.6) is 0 Å². The van der Waals surface area contributed by atoms with Crippen molar-refractivity contribution in [2.24, 2.45) is 0 Å². The predicted molar refractivity (Wildman–Crippen MR) is 72.2 cm³/mol. The van der Waals surface area contributed by atoms with Gasteiger partial charge in [0.05, 0.1) is 16.2 Å². The van der Waals surface area contributed by atoms with Gasteiger partial charge in [-0.3, -0.25) is 14.9 Å². The summed E-state index contributed by atoms with van der Waals surface area (Å²) in [5.74, 6) is -1.32. The highest BCUT2D eigenvalue weighted by atomic mass is 16.6. The Hall–Kier alpha value is -3.21. The number of nitriles is 1. The number of non-ortho nitro benzene ring substituents is 1. The molecule has 0 spiro atoms. The maximum Gasteiger partial charge on any atom is 0.330 e. The van der Waals surface area contributed by atoms with Crippen LogP contribution in [0.2, 0.25) is 0 Å². The molecule has 21 heavy (non-hydrogen) atoms. The number of nitro groups is 1. The van der Waals surface area contributed by atoms with E-state index in [0.29, 0.717) is 0 Å². The first-order valence-corrected chi connectivity index (χ1v) is 5.75. The van der Waals surface area contributed by atoms with Crippen LogP contribution in [0.1, 0.15) is 12.5 Å². The molecule has 8 heteroatoms. The van der Waals surface area contributed by atoms with Crippen LogP contribution in [0, 0.1) is 21.4 Å². The second-order valence-electron chi connectivity index (χ2n) is 3.75. The summed E-state index contributed by atoms with van der Waals surface area (Å²) in [7, 11) is 0. The van der Waals surface area contributed by atoms with Crippen LogP contribution in [0.3, 0.4) is 0 Å². The van der Waals surface area contributed by atoms with E-state index in [1.807, 2.05) is 0 Å². The Balaban J connectivity index is 2.75. The molecular formula is C13H11N3O5. The van der Waals surface area contributed by atoms with Gasteiger partial charge < -0.3 is 10.1 Å². The Morgan fingerprint density at radius 2 is 2.24 bits per heavy atom. The third-order valence-corrected chi connectivity index (χ3v) is 2.26. The van der Waals surface area contributed by atoms with Crippen molar-refractivity contribution < 1.29 is 19.2 Å². The molecule has 1 N–H and O–H groups in total. The quantitative estimate of drug-likeness (QED) is 0.379.